The van der Waals surface area contributed by atoms with Gasteiger partial charge < -0.3 is 10.2 Å². The van der Waals surface area contributed by atoms with E-state index in [4.69, 9.17) is 4.63 Å². The normalized spacial score (nSPS) is 18.4. The predicted octanol–water partition coefficient (Wildman–Crippen LogP) is 2.58. The van der Waals surface area contributed by atoms with Crippen molar-refractivity contribution in [2.24, 2.45) is 0 Å². The Labute approximate surface area is 125 Å². The Morgan fingerprint density at radius 3 is 2.76 bits per heavy atom. The number of benzene rings is 1. The highest BCUT2D eigenvalue weighted by Gasteiger charge is 2.33. The fourth-order valence-electron chi connectivity index (χ4n) is 3.43. The van der Waals surface area contributed by atoms with Gasteiger partial charge in [0.15, 0.2) is 0 Å². The fourth-order valence-corrected chi connectivity index (χ4v) is 3.43. The highest BCUT2D eigenvalue weighted by Crippen LogP contribution is 2.31. The second-order valence-corrected chi connectivity index (χ2v) is 6.33. The van der Waals surface area contributed by atoms with Crippen molar-refractivity contribution in [2.45, 2.75) is 44.2 Å². The molecular weight excluding hydrogens is 264 g/mol. The Balaban J connectivity index is 1.66. The lowest BCUT2D eigenvalue weighted by molar-refractivity contribution is 0.0984. The van der Waals surface area contributed by atoms with E-state index in [9.17, 15) is 0 Å². The Hall–Kier alpha value is -1.46. The minimum Gasteiger partial charge on any atom is -0.311 e. The summed E-state index contributed by atoms with van der Waals surface area (Å²) in [5.41, 5.74) is 3.15. The van der Waals surface area contributed by atoms with Crippen molar-refractivity contribution >= 4 is 11.0 Å². The van der Waals surface area contributed by atoms with Crippen molar-refractivity contribution in [1.29, 1.82) is 0 Å². The molecule has 1 heterocycles. The van der Waals surface area contributed by atoms with Crippen LogP contribution in [0.1, 0.15) is 37.7 Å². The van der Waals surface area contributed by atoms with Crippen LogP contribution in [0.2, 0.25) is 0 Å². The topological polar surface area (TPSA) is 54.2 Å². The molecule has 0 atom stereocenters. The van der Waals surface area contributed by atoms with Crippen molar-refractivity contribution in [3.8, 4) is 0 Å². The van der Waals surface area contributed by atoms with Gasteiger partial charge in [0.2, 0.25) is 0 Å². The molecule has 0 amide bonds. The van der Waals surface area contributed by atoms with Crippen molar-refractivity contribution in [1.82, 2.24) is 20.5 Å². The summed E-state index contributed by atoms with van der Waals surface area (Å²) in [7, 11) is 4.41. The van der Waals surface area contributed by atoms with E-state index in [1.165, 1.54) is 32.1 Å². The van der Waals surface area contributed by atoms with Gasteiger partial charge in [0.05, 0.1) is 0 Å². The first-order valence-corrected chi connectivity index (χ1v) is 7.80. The zero-order chi connectivity index (χ0) is 14.7. The largest absolute Gasteiger partial charge is 0.311 e. The summed E-state index contributed by atoms with van der Waals surface area (Å²) in [5.74, 6) is 0. The minimum absolute atomic E-state index is 0.300. The maximum absolute atomic E-state index is 4.82. The summed E-state index contributed by atoms with van der Waals surface area (Å²) in [5, 5.41) is 11.5. The number of hydrogen-bond donors (Lipinski definition) is 1. The molecule has 1 saturated carbocycles. The molecule has 0 aliphatic heterocycles. The molecule has 114 valence electrons. The van der Waals surface area contributed by atoms with Gasteiger partial charge in [-0.15, -0.1) is 0 Å². The molecular formula is C16H24N4O. The van der Waals surface area contributed by atoms with E-state index >= 15 is 0 Å². The van der Waals surface area contributed by atoms with Crippen LogP contribution < -0.4 is 5.32 Å². The summed E-state index contributed by atoms with van der Waals surface area (Å²) >= 11 is 0. The third-order valence-corrected chi connectivity index (χ3v) is 4.87. The number of aromatic nitrogens is 2. The zero-order valence-electron chi connectivity index (χ0n) is 12.9. The molecule has 1 N–H and O–H groups in total. The van der Waals surface area contributed by atoms with Crippen molar-refractivity contribution in [2.75, 3.05) is 20.6 Å². The van der Waals surface area contributed by atoms with E-state index in [2.05, 4.69) is 40.7 Å². The van der Waals surface area contributed by atoms with E-state index < -0.39 is 0 Å². The average Bonchev–Trinajstić information content (AvgIpc) is 2.97. The molecule has 1 aromatic heterocycles. The van der Waals surface area contributed by atoms with Crippen LogP contribution in [-0.4, -0.2) is 41.4 Å². The highest BCUT2D eigenvalue weighted by molar-refractivity contribution is 5.76. The maximum Gasteiger partial charge on any atom is 0.139 e. The molecule has 5 nitrogen and oxygen atoms in total. The first-order valence-electron chi connectivity index (χ1n) is 7.80. The van der Waals surface area contributed by atoms with Gasteiger partial charge in [-0.2, -0.15) is 0 Å². The van der Waals surface area contributed by atoms with E-state index in [1.54, 1.807) is 0 Å². The van der Waals surface area contributed by atoms with Crippen molar-refractivity contribution in [3.63, 3.8) is 0 Å². The van der Waals surface area contributed by atoms with Gasteiger partial charge in [-0.3, -0.25) is 0 Å². The van der Waals surface area contributed by atoms with Crippen LogP contribution in [0.4, 0.5) is 0 Å². The number of hydrogen-bond acceptors (Lipinski definition) is 5. The third-order valence-electron chi connectivity index (χ3n) is 4.87. The fraction of sp³-hybridized carbons (Fsp3) is 0.625. The molecule has 5 heteroatoms. The van der Waals surface area contributed by atoms with Gasteiger partial charge in [-0.1, -0.05) is 31.4 Å². The zero-order valence-corrected chi connectivity index (χ0v) is 12.9. The lowest BCUT2D eigenvalue weighted by Crippen LogP contribution is -2.52. The van der Waals surface area contributed by atoms with E-state index in [1.807, 2.05) is 12.1 Å². The SMILES string of the molecule is CN(C)C1(CNCc2cccc3nonc23)CCCCC1. The molecule has 0 saturated heterocycles. The second-order valence-electron chi connectivity index (χ2n) is 6.33. The van der Waals surface area contributed by atoms with Gasteiger partial charge in [0, 0.05) is 18.6 Å². The van der Waals surface area contributed by atoms with Crippen LogP contribution in [0, 0.1) is 0 Å². The Morgan fingerprint density at radius 1 is 1.19 bits per heavy atom. The first-order chi connectivity index (χ1) is 10.2. The van der Waals surface area contributed by atoms with Crippen LogP contribution in [0.5, 0.6) is 0 Å². The van der Waals surface area contributed by atoms with Gasteiger partial charge >= 0.3 is 0 Å². The molecule has 1 aliphatic rings. The van der Waals surface area contributed by atoms with Crippen LogP contribution in [0.3, 0.4) is 0 Å². The molecule has 0 radical (unpaired) electrons. The second kappa shape index (κ2) is 6.12. The van der Waals surface area contributed by atoms with Gasteiger partial charge in [-0.05, 0) is 48.9 Å². The quantitative estimate of drug-likeness (QED) is 0.916. The lowest BCUT2D eigenvalue weighted by Gasteiger charge is -2.43. The maximum atomic E-state index is 4.82. The lowest BCUT2D eigenvalue weighted by atomic mass is 9.80. The molecule has 0 unspecified atom stereocenters. The van der Waals surface area contributed by atoms with Crippen LogP contribution in [0.15, 0.2) is 22.8 Å². The van der Waals surface area contributed by atoms with E-state index in [-0.39, 0.29) is 0 Å². The standard InChI is InChI=1S/C16H24N4O/c1-20(2)16(9-4-3-5-10-16)12-17-11-13-7-6-8-14-15(13)19-21-18-14/h6-8,17H,3-5,9-12H2,1-2H3. The van der Waals surface area contributed by atoms with Crippen LogP contribution in [-0.2, 0) is 6.54 Å². The number of likely N-dealkylation sites (N-methyl/N-ethyl adjacent to an activating group) is 1. The highest BCUT2D eigenvalue weighted by atomic mass is 16.6. The molecule has 1 aromatic carbocycles. The molecule has 3 rings (SSSR count). The average molecular weight is 288 g/mol. The third kappa shape index (κ3) is 2.94. The van der Waals surface area contributed by atoms with Gasteiger partial charge in [0.1, 0.15) is 11.0 Å². The summed E-state index contributed by atoms with van der Waals surface area (Å²) < 4.78 is 4.82. The van der Waals surface area contributed by atoms with Crippen molar-refractivity contribution < 1.29 is 4.63 Å². The Morgan fingerprint density at radius 2 is 2.00 bits per heavy atom. The molecule has 0 spiro atoms. The Bertz CT molecular complexity index is 587. The molecule has 2 aromatic rings. The Kier molecular flexibility index (Phi) is 4.22. The molecule has 21 heavy (non-hydrogen) atoms. The van der Waals surface area contributed by atoms with Crippen LogP contribution in [0.25, 0.3) is 11.0 Å². The van der Waals surface area contributed by atoms with E-state index in [0.717, 1.165) is 29.7 Å². The van der Waals surface area contributed by atoms with Gasteiger partial charge in [-0.25, -0.2) is 4.63 Å². The summed E-state index contributed by atoms with van der Waals surface area (Å²) in [6.45, 7) is 1.82. The smallest absolute Gasteiger partial charge is 0.139 e. The van der Waals surface area contributed by atoms with Gasteiger partial charge in [0.25, 0.3) is 0 Å². The number of fused-ring (bicyclic) bond motifs is 1. The van der Waals surface area contributed by atoms with Crippen molar-refractivity contribution in [3.05, 3.63) is 23.8 Å². The predicted molar refractivity (Wildman–Crippen MR) is 83.0 cm³/mol. The monoisotopic (exact) mass is 288 g/mol. The number of nitrogens with one attached hydrogen (secondary N) is 1. The summed E-state index contributed by atoms with van der Waals surface area (Å²) in [6.07, 6.45) is 6.61. The summed E-state index contributed by atoms with van der Waals surface area (Å²) in [4.78, 5) is 2.40. The molecule has 0 bridgehead atoms. The number of rotatable bonds is 5. The molecule has 1 aliphatic carbocycles. The first kappa shape index (κ1) is 14.5. The number of nitrogens with zero attached hydrogens (tertiary/aromatic N) is 3. The summed E-state index contributed by atoms with van der Waals surface area (Å²) in [6, 6.07) is 6.02. The minimum atomic E-state index is 0.300. The van der Waals surface area contributed by atoms with Crippen LogP contribution >= 0.6 is 0 Å². The molecule has 1 fully saturated rings. The van der Waals surface area contributed by atoms with E-state index in [0.29, 0.717) is 5.54 Å².